The van der Waals surface area contributed by atoms with Crippen molar-refractivity contribution in [2.45, 2.75) is 6.42 Å². The largest absolute Gasteiger partial charge is 0.330 e. The van der Waals surface area contributed by atoms with Crippen LogP contribution in [0.15, 0.2) is 24.3 Å². The smallest absolute Gasteiger partial charge is 0.234 e. The van der Waals surface area contributed by atoms with Gasteiger partial charge in [0.1, 0.15) is 0 Å². The molecule has 0 fully saturated rings. The first kappa shape index (κ1) is 13.8. The van der Waals surface area contributed by atoms with E-state index in [2.05, 4.69) is 27.9 Å². The molecule has 0 saturated heterocycles. The number of nitrogens with two attached hydrogens (primary N) is 1. The minimum atomic E-state index is 0.0454. The fourth-order valence-electron chi connectivity index (χ4n) is 1.11. The zero-order valence-corrected chi connectivity index (χ0v) is 11.9. The molecule has 1 aromatic rings. The summed E-state index contributed by atoms with van der Waals surface area (Å²) in [6.45, 7) is 0.686. The highest BCUT2D eigenvalue weighted by Gasteiger charge is 2.02. The van der Waals surface area contributed by atoms with Crippen molar-refractivity contribution < 1.29 is 4.79 Å². The number of benzene rings is 1. The Morgan fingerprint density at radius 1 is 1.50 bits per heavy atom. The van der Waals surface area contributed by atoms with Gasteiger partial charge < -0.3 is 11.1 Å². The van der Waals surface area contributed by atoms with Crippen LogP contribution in [0.3, 0.4) is 0 Å². The van der Waals surface area contributed by atoms with Gasteiger partial charge in [-0.25, -0.2) is 0 Å². The summed E-state index contributed by atoms with van der Waals surface area (Å²) in [7, 11) is 0. The maximum Gasteiger partial charge on any atom is 0.234 e. The Hall–Kier alpha value is -0.270. The fraction of sp³-hybridized carbons (Fsp3) is 0.364. The van der Waals surface area contributed by atoms with E-state index in [9.17, 15) is 4.79 Å². The third-order valence-corrected chi connectivity index (χ3v) is 3.55. The van der Waals surface area contributed by atoms with Crippen molar-refractivity contribution in [3.63, 3.8) is 0 Å². The Balaban J connectivity index is 2.29. The predicted octanol–water partition coefficient (Wildman–Crippen LogP) is 2.31. The molecule has 0 aliphatic carbocycles. The third-order valence-electron chi connectivity index (χ3n) is 1.83. The van der Waals surface area contributed by atoms with Crippen molar-refractivity contribution >= 4 is 45.9 Å². The van der Waals surface area contributed by atoms with Crippen molar-refractivity contribution in [3.05, 3.63) is 27.8 Å². The molecule has 0 bridgehead atoms. The van der Waals surface area contributed by atoms with Crippen LogP contribution in [0, 0.1) is 3.57 Å². The maximum absolute atomic E-state index is 11.5. The first-order chi connectivity index (χ1) is 7.72. The van der Waals surface area contributed by atoms with Crippen molar-refractivity contribution in [3.8, 4) is 0 Å². The summed E-state index contributed by atoms with van der Waals surface area (Å²) in [5, 5.41) is 2.86. The van der Waals surface area contributed by atoms with Crippen molar-refractivity contribution in [1.29, 1.82) is 0 Å². The molecule has 5 heteroatoms. The molecule has 3 nitrogen and oxygen atoms in total. The summed E-state index contributed by atoms with van der Waals surface area (Å²) in [5.41, 5.74) is 6.23. The zero-order valence-electron chi connectivity index (χ0n) is 8.91. The number of carbonyl (C=O) groups is 1. The minimum Gasteiger partial charge on any atom is -0.330 e. The Kier molecular flexibility index (Phi) is 6.82. The van der Waals surface area contributed by atoms with Gasteiger partial charge in [-0.15, -0.1) is 0 Å². The van der Waals surface area contributed by atoms with Gasteiger partial charge in [-0.2, -0.15) is 11.8 Å². The normalized spacial score (nSPS) is 10.1. The van der Waals surface area contributed by atoms with Crippen LogP contribution < -0.4 is 11.1 Å². The van der Waals surface area contributed by atoms with Gasteiger partial charge >= 0.3 is 0 Å². The highest BCUT2D eigenvalue weighted by Crippen LogP contribution is 2.13. The second-order valence-corrected chi connectivity index (χ2v) is 5.60. The maximum atomic E-state index is 11.5. The lowest BCUT2D eigenvalue weighted by atomic mass is 10.3. The molecule has 1 aromatic carbocycles. The van der Waals surface area contributed by atoms with E-state index in [1.165, 1.54) is 0 Å². The molecular weight excluding hydrogens is 335 g/mol. The molecule has 0 aromatic heterocycles. The SMILES string of the molecule is NCCCSCC(=O)Nc1cccc(I)c1. The highest BCUT2D eigenvalue weighted by molar-refractivity contribution is 14.1. The second kappa shape index (κ2) is 7.92. The molecule has 1 rings (SSSR count). The lowest BCUT2D eigenvalue weighted by Gasteiger charge is -2.05. The number of carbonyl (C=O) groups excluding carboxylic acids is 1. The number of nitrogens with one attached hydrogen (secondary N) is 1. The monoisotopic (exact) mass is 350 g/mol. The molecule has 0 saturated carbocycles. The van der Waals surface area contributed by atoms with Crippen LogP contribution in [0.4, 0.5) is 5.69 Å². The standard InChI is InChI=1S/C11H15IN2OS/c12-9-3-1-4-10(7-9)14-11(15)8-16-6-2-5-13/h1,3-4,7H,2,5-6,8,13H2,(H,14,15). The molecule has 0 spiro atoms. The van der Waals surface area contributed by atoms with Gasteiger partial charge in [0.2, 0.25) is 5.91 Å². The van der Waals surface area contributed by atoms with Gasteiger partial charge in [-0.3, -0.25) is 4.79 Å². The highest BCUT2D eigenvalue weighted by atomic mass is 127. The topological polar surface area (TPSA) is 55.1 Å². The summed E-state index contributed by atoms with van der Waals surface area (Å²) in [6, 6.07) is 7.76. The summed E-state index contributed by atoms with van der Waals surface area (Å²) in [6.07, 6.45) is 0.960. The lowest BCUT2D eigenvalue weighted by Crippen LogP contribution is -2.14. The lowest BCUT2D eigenvalue weighted by molar-refractivity contribution is -0.113. The van der Waals surface area contributed by atoms with E-state index >= 15 is 0 Å². The van der Waals surface area contributed by atoms with Gasteiger partial charge in [0.05, 0.1) is 5.75 Å². The number of anilines is 1. The Morgan fingerprint density at radius 3 is 3.00 bits per heavy atom. The summed E-state index contributed by atoms with van der Waals surface area (Å²) in [5.74, 6) is 1.48. The van der Waals surface area contributed by atoms with Gasteiger partial charge in [0.25, 0.3) is 0 Å². The molecule has 0 unspecified atom stereocenters. The number of halogens is 1. The van der Waals surface area contributed by atoms with E-state index in [0.29, 0.717) is 12.3 Å². The van der Waals surface area contributed by atoms with E-state index < -0.39 is 0 Å². The third kappa shape index (κ3) is 5.72. The molecule has 0 aliphatic heterocycles. The van der Waals surface area contributed by atoms with Crippen molar-refractivity contribution in [1.82, 2.24) is 0 Å². The number of hydrogen-bond acceptors (Lipinski definition) is 3. The number of amides is 1. The fourth-order valence-corrected chi connectivity index (χ4v) is 2.43. The van der Waals surface area contributed by atoms with Crippen LogP contribution in [0.1, 0.15) is 6.42 Å². The van der Waals surface area contributed by atoms with Crippen LogP contribution in [0.5, 0.6) is 0 Å². The summed E-state index contributed by atoms with van der Waals surface area (Å²) >= 11 is 3.84. The summed E-state index contributed by atoms with van der Waals surface area (Å²) in [4.78, 5) is 11.5. The van der Waals surface area contributed by atoms with Crippen LogP contribution in [0.25, 0.3) is 0 Å². The number of hydrogen-bond donors (Lipinski definition) is 2. The average molecular weight is 350 g/mol. The van der Waals surface area contributed by atoms with Gasteiger partial charge in [-0.05, 0) is 59.5 Å². The zero-order chi connectivity index (χ0) is 11.8. The molecule has 3 N–H and O–H groups in total. The van der Waals surface area contributed by atoms with Crippen LogP contribution in [-0.4, -0.2) is 24.0 Å². The van der Waals surface area contributed by atoms with Crippen LogP contribution in [-0.2, 0) is 4.79 Å². The van der Waals surface area contributed by atoms with Crippen molar-refractivity contribution in [2.24, 2.45) is 5.73 Å². The minimum absolute atomic E-state index is 0.0454. The molecule has 0 aliphatic rings. The van der Waals surface area contributed by atoms with E-state index in [1.54, 1.807) is 11.8 Å². The second-order valence-electron chi connectivity index (χ2n) is 3.25. The Bertz CT molecular complexity index is 347. The van der Waals surface area contributed by atoms with Crippen LogP contribution >= 0.6 is 34.4 Å². The predicted molar refractivity (Wildman–Crippen MR) is 78.8 cm³/mol. The number of rotatable bonds is 6. The van der Waals surface area contributed by atoms with E-state index in [4.69, 9.17) is 5.73 Å². The quantitative estimate of drug-likeness (QED) is 0.612. The Labute approximate surface area is 114 Å². The molecule has 1 amide bonds. The number of thioether (sulfide) groups is 1. The summed E-state index contributed by atoms with van der Waals surface area (Å²) < 4.78 is 1.12. The van der Waals surface area contributed by atoms with Crippen molar-refractivity contribution in [2.75, 3.05) is 23.4 Å². The molecule has 0 radical (unpaired) electrons. The van der Waals surface area contributed by atoms with E-state index in [0.717, 1.165) is 21.4 Å². The first-order valence-corrected chi connectivity index (χ1v) is 7.29. The van der Waals surface area contributed by atoms with E-state index in [-0.39, 0.29) is 5.91 Å². The van der Waals surface area contributed by atoms with Gasteiger partial charge in [0.15, 0.2) is 0 Å². The molecular formula is C11H15IN2OS. The van der Waals surface area contributed by atoms with E-state index in [1.807, 2.05) is 24.3 Å². The molecule has 0 atom stereocenters. The molecule has 0 heterocycles. The van der Waals surface area contributed by atoms with Gasteiger partial charge in [-0.1, -0.05) is 6.07 Å². The first-order valence-electron chi connectivity index (χ1n) is 5.05. The van der Waals surface area contributed by atoms with Crippen LogP contribution in [0.2, 0.25) is 0 Å². The van der Waals surface area contributed by atoms with Gasteiger partial charge in [0, 0.05) is 9.26 Å². The molecule has 16 heavy (non-hydrogen) atoms. The molecule has 88 valence electrons. The Morgan fingerprint density at radius 2 is 2.31 bits per heavy atom. The average Bonchev–Trinajstić information content (AvgIpc) is 2.24.